The summed E-state index contributed by atoms with van der Waals surface area (Å²) in [6.07, 6.45) is 0. The smallest absolute Gasteiger partial charge is 0.144 e. The first-order chi connectivity index (χ1) is 9.90. The van der Waals surface area contributed by atoms with Crippen molar-refractivity contribution in [1.82, 2.24) is 0 Å². The summed E-state index contributed by atoms with van der Waals surface area (Å²) >= 11 is 6.24. The van der Waals surface area contributed by atoms with Crippen LogP contribution in [-0.2, 0) is 0 Å². The molecule has 0 saturated heterocycles. The highest BCUT2D eigenvalue weighted by Gasteiger charge is 2.06. The minimum Gasteiger partial charge on any atom is -0.206 e. The third-order valence-electron chi connectivity index (χ3n) is 2.49. The van der Waals surface area contributed by atoms with E-state index in [1.165, 1.54) is 18.2 Å². The number of hydrogen-bond donors (Lipinski definition) is 0. The van der Waals surface area contributed by atoms with E-state index in [2.05, 4.69) is 31.9 Å². The molecule has 0 N–H and O–H groups in total. The second kappa shape index (κ2) is 7.87. The SMILES string of the molecule is Cc1c(Br)ccc(C#N)c1F.N#Cc1ccc(Br)cc1F. The number of nitrogens with zero attached hydrogens (tertiary/aromatic N) is 2. The van der Waals surface area contributed by atoms with Gasteiger partial charge in [-0.2, -0.15) is 10.5 Å². The Morgan fingerprint density at radius 1 is 0.952 bits per heavy atom. The minimum absolute atomic E-state index is 0.0724. The van der Waals surface area contributed by atoms with Gasteiger partial charge in [0.05, 0.1) is 11.1 Å². The van der Waals surface area contributed by atoms with Gasteiger partial charge in [0.2, 0.25) is 0 Å². The maximum Gasteiger partial charge on any atom is 0.144 e. The molecule has 0 bridgehead atoms. The van der Waals surface area contributed by atoms with E-state index in [1.54, 1.807) is 31.2 Å². The van der Waals surface area contributed by atoms with Crippen LogP contribution in [0.4, 0.5) is 8.78 Å². The van der Waals surface area contributed by atoms with Crippen molar-refractivity contribution in [2.24, 2.45) is 0 Å². The average Bonchev–Trinajstić information content (AvgIpc) is 2.46. The van der Waals surface area contributed by atoms with Gasteiger partial charge in [-0.3, -0.25) is 0 Å². The summed E-state index contributed by atoms with van der Waals surface area (Å²) in [5.74, 6) is -0.932. The molecule has 0 fully saturated rings. The third kappa shape index (κ3) is 4.63. The summed E-state index contributed by atoms with van der Waals surface area (Å²) < 4.78 is 26.9. The van der Waals surface area contributed by atoms with E-state index in [-0.39, 0.29) is 11.1 Å². The maximum atomic E-state index is 13.0. The maximum absolute atomic E-state index is 13.0. The van der Waals surface area contributed by atoms with E-state index in [9.17, 15) is 8.78 Å². The number of nitriles is 2. The first-order valence-corrected chi connectivity index (χ1v) is 7.19. The molecule has 0 spiro atoms. The zero-order valence-electron chi connectivity index (χ0n) is 10.8. The highest BCUT2D eigenvalue weighted by atomic mass is 79.9. The molecule has 0 aliphatic carbocycles. The van der Waals surface area contributed by atoms with Crippen molar-refractivity contribution < 1.29 is 8.78 Å². The van der Waals surface area contributed by atoms with Gasteiger partial charge in [0.1, 0.15) is 23.8 Å². The molecule has 106 valence electrons. The van der Waals surface area contributed by atoms with Crippen molar-refractivity contribution in [3.05, 3.63) is 67.6 Å². The fourth-order valence-electron chi connectivity index (χ4n) is 1.33. The van der Waals surface area contributed by atoms with Gasteiger partial charge < -0.3 is 0 Å². The molecule has 0 unspecified atom stereocenters. The Balaban J connectivity index is 0.000000211. The molecule has 0 heterocycles. The van der Waals surface area contributed by atoms with E-state index >= 15 is 0 Å². The van der Waals surface area contributed by atoms with Crippen molar-refractivity contribution in [1.29, 1.82) is 10.5 Å². The molecular formula is C15H8Br2F2N2. The fourth-order valence-corrected chi connectivity index (χ4v) is 1.97. The summed E-state index contributed by atoms with van der Waals surface area (Å²) in [7, 11) is 0. The minimum atomic E-state index is -0.489. The van der Waals surface area contributed by atoms with Crippen LogP contribution in [0.15, 0.2) is 39.3 Å². The normalized spacial score (nSPS) is 9.10. The first-order valence-electron chi connectivity index (χ1n) is 5.60. The molecular weight excluding hydrogens is 406 g/mol. The monoisotopic (exact) mass is 412 g/mol. The highest BCUT2D eigenvalue weighted by Crippen LogP contribution is 2.20. The Morgan fingerprint density at radius 2 is 1.52 bits per heavy atom. The molecule has 0 aromatic heterocycles. The standard InChI is InChI=1S/C8H5BrFN.C7H3BrFN/c1-5-7(9)3-2-6(4-11)8(5)10;8-6-2-1-5(4-10)7(9)3-6/h2-3H,1H3;1-3H. The number of rotatable bonds is 0. The Morgan fingerprint density at radius 3 is 2.05 bits per heavy atom. The van der Waals surface area contributed by atoms with Crippen molar-refractivity contribution in [3.63, 3.8) is 0 Å². The van der Waals surface area contributed by atoms with Crippen LogP contribution in [0.3, 0.4) is 0 Å². The van der Waals surface area contributed by atoms with Crippen LogP contribution >= 0.6 is 31.9 Å². The molecule has 0 saturated carbocycles. The van der Waals surface area contributed by atoms with E-state index in [1.807, 2.05) is 0 Å². The summed E-state index contributed by atoms with van der Waals surface area (Å²) in [6.45, 7) is 1.63. The van der Waals surface area contributed by atoms with Gasteiger partial charge in [-0.05, 0) is 37.3 Å². The predicted molar refractivity (Wildman–Crippen MR) is 82.4 cm³/mol. The molecule has 21 heavy (non-hydrogen) atoms. The molecule has 0 amide bonds. The molecule has 2 rings (SSSR count). The number of benzene rings is 2. The lowest BCUT2D eigenvalue weighted by Gasteiger charge is -1.99. The Labute approximate surface area is 137 Å². The lowest BCUT2D eigenvalue weighted by atomic mass is 10.1. The van der Waals surface area contributed by atoms with Gasteiger partial charge in [-0.25, -0.2) is 8.78 Å². The summed E-state index contributed by atoms with van der Waals surface area (Å²) in [5.41, 5.74) is 0.637. The van der Waals surface area contributed by atoms with Crippen LogP contribution in [0.5, 0.6) is 0 Å². The Kier molecular flexibility index (Phi) is 6.48. The average molecular weight is 414 g/mol. The van der Waals surface area contributed by atoms with Crippen LogP contribution in [0.25, 0.3) is 0 Å². The van der Waals surface area contributed by atoms with Crippen LogP contribution in [0, 0.1) is 41.2 Å². The summed E-state index contributed by atoms with van der Waals surface area (Å²) in [5, 5.41) is 16.7. The zero-order valence-corrected chi connectivity index (χ0v) is 14.0. The van der Waals surface area contributed by atoms with Gasteiger partial charge in [0, 0.05) is 14.5 Å². The summed E-state index contributed by atoms with van der Waals surface area (Å²) in [6, 6.07) is 10.9. The van der Waals surface area contributed by atoms with Crippen LogP contribution in [-0.4, -0.2) is 0 Å². The molecule has 6 heteroatoms. The van der Waals surface area contributed by atoms with Crippen molar-refractivity contribution in [2.75, 3.05) is 0 Å². The molecule has 2 aromatic carbocycles. The molecule has 2 nitrogen and oxygen atoms in total. The highest BCUT2D eigenvalue weighted by molar-refractivity contribution is 9.10. The van der Waals surface area contributed by atoms with Gasteiger partial charge >= 0.3 is 0 Å². The lowest BCUT2D eigenvalue weighted by molar-refractivity contribution is 0.613. The molecule has 0 aliphatic heterocycles. The largest absolute Gasteiger partial charge is 0.206 e. The predicted octanol–water partition coefficient (Wildman–Crippen LogP) is 5.23. The quantitative estimate of drug-likeness (QED) is 0.593. The van der Waals surface area contributed by atoms with Gasteiger partial charge in [0.15, 0.2) is 0 Å². The van der Waals surface area contributed by atoms with E-state index < -0.39 is 11.6 Å². The van der Waals surface area contributed by atoms with E-state index in [0.717, 1.165) is 0 Å². The van der Waals surface area contributed by atoms with Gasteiger partial charge in [-0.15, -0.1) is 0 Å². The van der Waals surface area contributed by atoms with Crippen LogP contribution in [0.2, 0.25) is 0 Å². The molecule has 0 atom stereocenters. The topological polar surface area (TPSA) is 47.6 Å². The molecule has 2 aromatic rings. The second-order valence-corrected chi connectivity index (χ2v) is 5.65. The number of halogens is 4. The van der Waals surface area contributed by atoms with Gasteiger partial charge in [0.25, 0.3) is 0 Å². The molecule has 0 radical (unpaired) electrons. The van der Waals surface area contributed by atoms with Crippen molar-refractivity contribution in [3.8, 4) is 12.1 Å². The van der Waals surface area contributed by atoms with E-state index in [0.29, 0.717) is 14.5 Å². The van der Waals surface area contributed by atoms with Crippen LogP contribution < -0.4 is 0 Å². The fraction of sp³-hybridized carbons (Fsp3) is 0.0667. The van der Waals surface area contributed by atoms with Crippen LogP contribution in [0.1, 0.15) is 16.7 Å². The van der Waals surface area contributed by atoms with Crippen molar-refractivity contribution in [2.45, 2.75) is 6.92 Å². The second-order valence-electron chi connectivity index (χ2n) is 3.88. The third-order valence-corrected chi connectivity index (χ3v) is 3.84. The Hall–Kier alpha value is -1.76. The van der Waals surface area contributed by atoms with Crippen molar-refractivity contribution >= 4 is 31.9 Å². The van der Waals surface area contributed by atoms with Gasteiger partial charge in [-0.1, -0.05) is 31.9 Å². The lowest BCUT2D eigenvalue weighted by Crippen LogP contribution is -1.88. The number of hydrogen-bond acceptors (Lipinski definition) is 2. The Bertz CT molecular complexity index is 747. The summed E-state index contributed by atoms with van der Waals surface area (Å²) in [4.78, 5) is 0. The van der Waals surface area contributed by atoms with E-state index in [4.69, 9.17) is 10.5 Å². The first kappa shape index (κ1) is 17.3. The zero-order chi connectivity index (χ0) is 16.0. The molecule has 0 aliphatic rings.